The molecule has 0 spiro atoms. The van der Waals surface area contributed by atoms with Crippen molar-refractivity contribution < 1.29 is 4.39 Å². The first-order chi connectivity index (χ1) is 5.36. The summed E-state index contributed by atoms with van der Waals surface area (Å²) in [7, 11) is 0. The summed E-state index contributed by atoms with van der Waals surface area (Å²) >= 11 is 0. The van der Waals surface area contributed by atoms with Crippen molar-refractivity contribution in [1.29, 1.82) is 0 Å². The summed E-state index contributed by atoms with van der Waals surface area (Å²) in [5.41, 5.74) is 0. The van der Waals surface area contributed by atoms with E-state index in [4.69, 9.17) is 0 Å². The van der Waals surface area contributed by atoms with Crippen LogP contribution in [0.5, 0.6) is 0 Å². The van der Waals surface area contributed by atoms with E-state index in [0.29, 0.717) is 12.5 Å². The Labute approximate surface area is 65.0 Å². The summed E-state index contributed by atoms with van der Waals surface area (Å²) < 4.78 is 14.7. The third kappa shape index (κ3) is 1.59. The van der Waals surface area contributed by atoms with Crippen LogP contribution in [0.4, 0.5) is 4.39 Å². The van der Waals surface area contributed by atoms with E-state index < -0.39 is 6.17 Å². The van der Waals surface area contributed by atoms with Gasteiger partial charge in [-0.05, 0) is 24.8 Å². The van der Waals surface area contributed by atoms with Crippen molar-refractivity contribution in [3.63, 3.8) is 0 Å². The lowest BCUT2D eigenvalue weighted by atomic mass is 10.2. The van der Waals surface area contributed by atoms with Gasteiger partial charge in [-0.15, -0.1) is 0 Å². The Morgan fingerprint density at radius 3 is 3.00 bits per heavy atom. The van der Waals surface area contributed by atoms with Crippen LogP contribution in [0.3, 0.4) is 0 Å². The largest absolute Gasteiger partial charge is 0.270 e. The highest BCUT2D eigenvalue weighted by Crippen LogP contribution is 2.34. The fraction of sp³-hybridized carbons (Fsp3) is 0.625. The molecule has 0 aliphatic heterocycles. The molecule has 11 heavy (non-hydrogen) atoms. The van der Waals surface area contributed by atoms with E-state index in [1.165, 1.54) is 0 Å². The first kappa shape index (κ1) is 6.83. The van der Waals surface area contributed by atoms with Gasteiger partial charge in [-0.3, -0.25) is 4.68 Å². The average Bonchev–Trinajstić information content (AvgIpc) is 2.73. The van der Waals surface area contributed by atoms with Gasteiger partial charge in [0.25, 0.3) is 0 Å². The number of nitrogens with zero attached hydrogens (tertiary/aromatic N) is 2. The maximum Gasteiger partial charge on any atom is 0.122 e. The summed E-state index contributed by atoms with van der Waals surface area (Å²) in [5.74, 6) is 0.319. The number of alkyl halides is 1. The number of rotatable bonds is 3. The zero-order valence-electron chi connectivity index (χ0n) is 6.28. The fourth-order valence-electron chi connectivity index (χ4n) is 1.19. The Morgan fingerprint density at radius 2 is 2.45 bits per heavy atom. The Hall–Kier alpha value is -0.860. The van der Waals surface area contributed by atoms with Crippen LogP contribution in [0.1, 0.15) is 12.8 Å². The molecule has 0 aromatic carbocycles. The molecule has 60 valence electrons. The third-order valence-corrected chi connectivity index (χ3v) is 2.05. The molecule has 2 nitrogen and oxygen atoms in total. The molecule has 1 unspecified atom stereocenters. The summed E-state index contributed by atoms with van der Waals surface area (Å²) in [6, 6.07) is 1.82. The van der Waals surface area contributed by atoms with E-state index >= 15 is 0 Å². The van der Waals surface area contributed by atoms with Gasteiger partial charge in [-0.25, -0.2) is 4.39 Å². The van der Waals surface area contributed by atoms with E-state index in [-0.39, 0.29) is 0 Å². The third-order valence-electron chi connectivity index (χ3n) is 2.05. The molecule has 0 radical (unpaired) electrons. The standard InChI is InChI=1S/C8H11FN2/c9-8(7-2-3-7)6-11-5-1-4-10-11/h1,4-5,7-8H,2-3,6H2. The molecule has 1 atom stereocenters. The van der Waals surface area contributed by atoms with E-state index in [2.05, 4.69) is 5.10 Å². The Bertz CT molecular complexity index is 216. The molecule has 3 heteroatoms. The lowest BCUT2D eigenvalue weighted by Crippen LogP contribution is -2.13. The second-order valence-electron chi connectivity index (χ2n) is 3.08. The number of hydrogen-bond donors (Lipinski definition) is 0. The van der Waals surface area contributed by atoms with Crippen molar-refractivity contribution >= 4 is 0 Å². The maximum absolute atomic E-state index is 13.1. The predicted molar refractivity (Wildman–Crippen MR) is 39.8 cm³/mol. The molecule has 1 saturated carbocycles. The van der Waals surface area contributed by atoms with Crippen molar-refractivity contribution in [1.82, 2.24) is 9.78 Å². The van der Waals surface area contributed by atoms with Gasteiger partial charge < -0.3 is 0 Å². The Kier molecular flexibility index (Phi) is 1.64. The zero-order valence-corrected chi connectivity index (χ0v) is 6.28. The first-order valence-corrected chi connectivity index (χ1v) is 3.98. The summed E-state index contributed by atoms with van der Waals surface area (Å²) in [6.45, 7) is 0.428. The highest BCUT2D eigenvalue weighted by atomic mass is 19.1. The molecule has 1 fully saturated rings. The SMILES string of the molecule is FC(Cn1cccn1)C1CC1. The van der Waals surface area contributed by atoms with Crippen molar-refractivity contribution in [2.45, 2.75) is 25.6 Å². The Balaban J connectivity index is 1.89. The second-order valence-corrected chi connectivity index (χ2v) is 3.08. The maximum atomic E-state index is 13.1. The van der Waals surface area contributed by atoms with Gasteiger partial charge >= 0.3 is 0 Å². The van der Waals surface area contributed by atoms with Gasteiger partial charge in [0.2, 0.25) is 0 Å². The smallest absolute Gasteiger partial charge is 0.122 e. The van der Waals surface area contributed by atoms with Gasteiger partial charge in [0.1, 0.15) is 6.17 Å². The molecule has 0 N–H and O–H groups in total. The minimum absolute atomic E-state index is 0.319. The quantitative estimate of drug-likeness (QED) is 0.647. The van der Waals surface area contributed by atoms with Crippen molar-refractivity contribution in [3.8, 4) is 0 Å². The topological polar surface area (TPSA) is 17.8 Å². The molecule has 1 heterocycles. The molecule has 0 saturated heterocycles. The summed E-state index contributed by atoms with van der Waals surface area (Å²) in [5, 5.41) is 3.94. The minimum atomic E-state index is -0.685. The van der Waals surface area contributed by atoms with Crippen LogP contribution in [0.25, 0.3) is 0 Å². The van der Waals surface area contributed by atoms with Gasteiger partial charge in [-0.1, -0.05) is 0 Å². The minimum Gasteiger partial charge on any atom is -0.270 e. The van der Waals surface area contributed by atoms with E-state index in [0.717, 1.165) is 12.8 Å². The Morgan fingerprint density at radius 1 is 1.64 bits per heavy atom. The van der Waals surface area contributed by atoms with Gasteiger partial charge in [0.05, 0.1) is 6.54 Å². The van der Waals surface area contributed by atoms with Crippen LogP contribution in [0, 0.1) is 5.92 Å². The molecule has 0 amide bonds. The molecule has 1 aromatic rings. The number of halogens is 1. The van der Waals surface area contributed by atoms with Crippen LogP contribution in [-0.2, 0) is 6.54 Å². The van der Waals surface area contributed by atoms with Crippen LogP contribution in [0.2, 0.25) is 0 Å². The van der Waals surface area contributed by atoms with Crippen molar-refractivity contribution in [2.24, 2.45) is 5.92 Å². The van der Waals surface area contributed by atoms with E-state index in [1.807, 2.05) is 6.07 Å². The van der Waals surface area contributed by atoms with Crippen LogP contribution in [0.15, 0.2) is 18.5 Å². The predicted octanol–water partition coefficient (Wildman–Crippen LogP) is 1.63. The monoisotopic (exact) mass is 154 g/mol. The number of hydrogen-bond acceptors (Lipinski definition) is 1. The van der Waals surface area contributed by atoms with Gasteiger partial charge in [0, 0.05) is 12.4 Å². The van der Waals surface area contributed by atoms with Crippen molar-refractivity contribution in [2.75, 3.05) is 0 Å². The molecule has 1 aliphatic carbocycles. The number of aromatic nitrogens is 2. The van der Waals surface area contributed by atoms with Crippen LogP contribution >= 0.6 is 0 Å². The summed E-state index contributed by atoms with van der Waals surface area (Å²) in [4.78, 5) is 0. The lowest BCUT2D eigenvalue weighted by molar-refractivity contribution is 0.254. The van der Waals surface area contributed by atoms with E-state index in [9.17, 15) is 4.39 Å². The molecule has 2 rings (SSSR count). The van der Waals surface area contributed by atoms with Gasteiger partial charge in [-0.2, -0.15) is 5.10 Å². The molecule has 1 aromatic heterocycles. The highest BCUT2D eigenvalue weighted by molar-refractivity contribution is 4.84. The molecule has 0 bridgehead atoms. The van der Waals surface area contributed by atoms with Crippen LogP contribution in [-0.4, -0.2) is 16.0 Å². The average molecular weight is 154 g/mol. The van der Waals surface area contributed by atoms with Crippen LogP contribution < -0.4 is 0 Å². The zero-order chi connectivity index (χ0) is 7.68. The van der Waals surface area contributed by atoms with Gasteiger partial charge in [0.15, 0.2) is 0 Å². The molecular formula is C8H11FN2. The fourth-order valence-corrected chi connectivity index (χ4v) is 1.19. The van der Waals surface area contributed by atoms with E-state index in [1.54, 1.807) is 17.1 Å². The van der Waals surface area contributed by atoms with Crippen molar-refractivity contribution in [3.05, 3.63) is 18.5 Å². The second kappa shape index (κ2) is 2.64. The molecular weight excluding hydrogens is 143 g/mol. The summed E-state index contributed by atoms with van der Waals surface area (Å²) in [6.07, 6.45) is 4.91. The molecule has 1 aliphatic rings. The first-order valence-electron chi connectivity index (χ1n) is 3.98. The lowest BCUT2D eigenvalue weighted by Gasteiger charge is -2.05. The normalized spacial score (nSPS) is 20.1. The highest BCUT2D eigenvalue weighted by Gasteiger charge is 2.31.